The largest absolute Gasteiger partial charge is 0.457 e. The van der Waals surface area contributed by atoms with E-state index in [1.165, 1.54) is 18.7 Å². The number of amides is 2. The van der Waals surface area contributed by atoms with Crippen LogP contribution >= 0.6 is 27.7 Å². The van der Waals surface area contributed by atoms with Gasteiger partial charge in [-0.05, 0) is 60.3 Å². The van der Waals surface area contributed by atoms with Gasteiger partial charge < -0.3 is 15.1 Å². The molecule has 1 saturated heterocycles. The van der Waals surface area contributed by atoms with E-state index in [-0.39, 0.29) is 11.8 Å². The Labute approximate surface area is 185 Å². The van der Waals surface area contributed by atoms with Crippen molar-refractivity contribution in [1.29, 1.82) is 0 Å². The molecule has 30 heavy (non-hydrogen) atoms. The van der Waals surface area contributed by atoms with Gasteiger partial charge in [-0.1, -0.05) is 28.1 Å². The number of carbonyl (C=O) groups is 2. The highest BCUT2D eigenvalue weighted by molar-refractivity contribution is 9.10. The zero-order chi connectivity index (χ0) is 21.1. The van der Waals surface area contributed by atoms with Crippen LogP contribution in [0.15, 0.2) is 79.5 Å². The van der Waals surface area contributed by atoms with Crippen LogP contribution in [0.1, 0.15) is 12.7 Å². The summed E-state index contributed by atoms with van der Waals surface area (Å²) in [6.45, 7) is 1.45. The van der Waals surface area contributed by atoms with Crippen molar-refractivity contribution in [2.45, 2.75) is 6.92 Å². The smallest absolute Gasteiger partial charge is 0.264 e. The molecule has 1 aliphatic heterocycles. The Balaban J connectivity index is 1.48. The average molecular weight is 482 g/mol. The number of thioether (sulfide) groups is 1. The summed E-state index contributed by atoms with van der Waals surface area (Å²) in [5.41, 5.74) is 2.31. The Kier molecular flexibility index (Phi) is 5.87. The summed E-state index contributed by atoms with van der Waals surface area (Å²) < 4.78 is 6.85. The molecule has 2 amide bonds. The molecule has 1 aromatic heterocycles. The van der Waals surface area contributed by atoms with Crippen molar-refractivity contribution in [2.24, 2.45) is 4.99 Å². The highest BCUT2D eigenvalue weighted by Crippen LogP contribution is 2.30. The molecule has 0 unspecified atom stereocenters. The van der Waals surface area contributed by atoms with E-state index >= 15 is 0 Å². The number of anilines is 1. The quantitative estimate of drug-likeness (QED) is 0.477. The Bertz CT molecular complexity index is 1170. The van der Waals surface area contributed by atoms with Gasteiger partial charge in [0.25, 0.3) is 5.91 Å². The van der Waals surface area contributed by atoms with Crippen molar-refractivity contribution in [3.8, 4) is 11.3 Å². The van der Waals surface area contributed by atoms with E-state index in [9.17, 15) is 9.59 Å². The molecular formula is C22H16BrN3O3S. The van der Waals surface area contributed by atoms with Crippen LogP contribution < -0.4 is 10.6 Å². The molecule has 0 saturated carbocycles. The van der Waals surface area contributed by atoms with Crippen molar-refractivity contribution in [1.82, 2.24) is 5.32 Å². The lowest BCUT2D eigenvalue weighted by Gasteiger charge is -2.02. The molecule has 0 radical (unpaired) electrons. The molecule has 6 nitrogen and oxygen atoms in total. The molecule has 3 aromatic rings. The van der Waals surface area contributed by atoms with Gasteiger partial charge in [0, 0.05) is 28.7 Å². The summed E-state index contributed by atoms with van der Waals surface area (Å²) in [6, 6.07) is 18.6. The zero-order valence-corrected chi connectivity index (χ0v) is 18.2. The fourth-order valence-electron chi connectivity index (χ4n) is 2.75. The van der Waals surface area contributed by atoms with Crippen molar-refractivity contribution in [3.05, 3.63) is 75.8 Å². The van der Waals surface area contributed by atoms with Crippen molar-refractivity contribution in [3.63, 3.8) is 0 Å². The van der Waals surface area contributed by atoms with Gasteiger partial charge in [-0.15, -0.1) is 0 Å². The van der Waals surface area contributed by atoms with Crippen LogP contribution in [0, 0.1) is 0 Å². The lowest BCUT2D eigenvalue weighted by Crippen LogP contribution is -2.19. The Morgan fingerprint density at radius 2 is 1.83 bits per heavy atom. The van der Waals surface area contributed by atoms with E-state index in [1.807, 2.05) is 36.4 Å². The first-order valence-electron chi connectivity index (χ1n) is 8.99. The predicted molar refractivity (Wildman–Crippen MR) is 123 cm³/mol. The summed E-state index contributed by atoms with van der Waals surface area (Å²) in [6.07, 6.45) is 1.70. The van der Waals surface area contributed by atoms with E-state index < -0.39 is 0 Å². The molecule has 0 atom stereocenters. The molecule has 1 aliphatic rings. The van der Waals surface area contributed by atoms with E-state index in [1.54, 1.807) is 30.3 Å². The van der Waals surface area contributed by atoms with Crippen molar-refractivity contribution in [2.75, 3.05) is 5.32 Å². The number of rotatable bonds is 4. The maximum atomic E-state index is 12.3. The summed E-state index contributed by atoms with van der Waals surface area (Å²) in [5.74, 6) is 0.955. The molecule has 150 valence electrons. The number of aliphatic imine (C=N–C) groups is 1. The first-order valence-corrected chi connectivity index (χ1v) is 10.6. The lowest BCUT2D eigenvalue weighted by atomic mass is 10.2. The number of benzene rings is 2. The van der Waals surface area contributed by atoms with Gasteiger partial charge in [0.1, 0.15) is 11.5 Å². The number of carbonyl (C=O) groups excluding carboxylic acids is 2. The normalized spacial score (nSPS) is 16.1. The van der Waals surface area contributed by atoms with Gasteiger partial charge in [-0.2, -0.15) is 0 Å². The third-order valence-electron chi connectivity index (χ3n) is 4.10. The van der Waals surface area contributed by atoms with Crippen LogP contribution in [0.5, 0.6) is 0 Å². The van der Waals surface area contributed by atoms with Gasteiger partial charge in [-0.3, -0.25) is 9.59 Å². The van der Waals surface area contributed by atoms with Gasteiger partial charge >= 0.3 is 0 Å². The molecule has 4 rings (SSSR count). The Morgan fingerprint density at radius 3 is 2.53 bits per heavy atom. The predicted octanol–water partition coefficient (Wildman–Crippen LogP) is 5.56. The number of halogens is 1. The SMILES string of the molecule is CC(=O)Nc1ccc(N=C2NC(=O)/C(=C\c3ccc(-c4ccc(Br)cc4)o3)S2)cc1. The van der Waals surface area contributed by atoms with E-state index in [0.717, 1.165) is 15.8 Å². The second kappa shape index (κ2) is 8.73. The van der Waals surface area contributed by atoms with Gasteiger partial charge in [0.05, 0.1) is 10.6 Å². The third kappa shape index (κ3) is 4.90. The van der Waals surface area contributed by atoms with Crippen LogP contribution in [-0.4, -0.2) is 17.0 Å². The zero-order valence-electron chi connectivity index (χ0n) is 15.8. The number of amidine groups is 1. The molecule has 8 heteroatoms. The van der Waals surface area contributed by atoms with Crippen LogP contribution in [-0.2, 0) is 9.59 Å². The van der Waals surface area contributed by atoms with Gasteiger partial charge in [-0.25, -0.2) is 4.99 Å². The minimum atomic E-state index is -0.227. The number of hydrogen-bond acceptors (Lipinski definition) is 5. The van der Waals surface area contributed by atoms with Crippen LogP contribution in [0.4, 0.5) is 11.4 Å². The number of furan rings is 1. The Morgan fingerprint density at radius 1 is 1.10 bits per heavy atom. The summed E-state index contributed by atoms with van der Waals surface area (Å²) in [7, 11) is 0. The highest BCUT2D eigenvalue weighted by Gasteiger charge is 2.24. The number of nitrogens with one attached hydrogen (secondary N) is 2. The minimum Gasteiger partial charge on any atom is -0.457 e. The monoisotopic (exact) mass is 481 g/mol. The second-order valence-corrected chi connectivity index (χ2v) is 8.37. The Hall–Kier alpha value is -3.10. The van der Waals surface area contributed by atoms with Crippen molar-refractivity contribution < 1.29 is 14.0 Å². The summed E-state index contributed by atoms with van der Waals surface area (Å²) in [4.78, 5) is 28.3. The average Bonchev–Trinajstić information content (AvgIpc) is 3.31. The number of nitrogens with zero attached hydrogens (tertiary/aromatic N) is 1. The topological polar surface area (TPSA) is 83.7 Å². The van der Waals surface area contributed by atoms with Crippen LogP contribution in [0.25, 0.3) is 17.4 Å². The van der Waals surface area contributed by atoms with Gasteiger partial charge in [0.15, 0.2) is 5.17 Å². The molecule has 0 aliphatic carbocycles. The maximum absolute atomic E-state index is 12.3. The maximum Gasteiger partial charge on any atom is 0.264 e. The molecule has 2 N–H and O–H groups in total. The van der Waals surface area contributed by atoms with E-state index in [0.29, 0.717) is 27.2 Å². The van der Waals surface area contributed by atoms with E-state index in [4.69, 9.17) is 4.42 Å². The van der Waals surface area contributed by atoms with Crippen LogP contribution in [0.3, 0.4) is 0 Å². The summed E-state index contributed by atoms with van der Waals surface area (Å²) in [5, 5.41) is 5.94. The fraction of sp³-hybridized carbons (Fsp3) is 0.0455. The molecule has 2 aromatic carbocycles. The molecule has 1 fully saturated rings. The molecule has 2 heterocycles. The molecular weight excluding hydrogens is 466 g/mol. The highest BCUT2D eigenvalue weighted by atomic mass is 79.9. The van der Waals surface area contributed by atoms with E-state index in [2.05, 4.69) is 31.6 Å². The summed E-state index contributed by atoms with van der Waals surface area (Å²) >= 11 is 4.66. The lowest BCUT2D eigenvalue weighted by molar-refractivity contribution is -0.115. The van der Waals surface area contributed by atoms with Gasteiger partial charge in [0.2, 0.25) is 5.91 Å². The minimum absolute atomic E-state index is 0.135. The third-order valence-corrected chi connectivity index (χ3v) is 5.54. The molecule has 0 bridgehead atoms. The van der Waals surface area contributed by atoms with Crippen LogP contribution in [0.2, 0.25) is 0 Å². The first-order chi connectivity index (χ1) is 14.5. The number of hydrogen-bond donors (Lipinski definition) is 2. The second-order valence-electron chi connectivity index (χ2n) is 6.42. The standard InChI is InChI=1S/C22H16BrN3O3S/c1-13(27)24-16-6-8-17(9-7-16)25-22-26-21(28)20(30-22)12-18-10-11-19(29-18)14-2-4-15(23)5-3-14/h2-12H,1H3,(H,24,27)(H,25,26,28)/b20-12+. The fourth-order valence-corrected chi connectivity index (χ4v) is 3.84. The first kappa shape index (κ1) is 20.2. The molecule has 0 spiro atoms. The van der Waals surface area contributed by atoms with Crippen molar-refractivity contribution >= 4 is 62.1 Å².